The molecule has 0 aliphatic rings. The molecule has 7 nitrogen and oxygen atoms in total. The van der Waals surface area contributed by atoms with Crippen LogP contribution >= 0.6 is 0 Å². The van der Waals surface area contributed by atoms with Gasteiger partial charge in [0.1, 0.15) is 0 Å². The summed E-state index contributed by atoms with van der Waals surface area (Å²) in [6, 6.07) is 1.41. The van der Waals surface area contributed by atoms with Gasteiger partial charge in [-0.05, 0) is 6.07 Å². The largest absolute Gasteiger partial charge is 0.387 e. The molecule has 0 spiro atoms. The predicted octanol–water partition coefficient (Wildman–Crippen LogP) is -0.339. The normalized spacial score (nSPS) is 12.6. The van der Waals surface area contributed by atoms with Crippen LogP contribution in [0.15, 0.2) is 17.3 Å². The predicted molar refractivity (Wildman–Crippen MR) is 64.1 cm³/mol. The maximum absolute atomic E-state index is 11.9. The lowest BCUT2D eigenvalue weighted by Gasteiger charge is -2.22. The zero-order valence-corrected chi connectivity index (χ0v) is 10.9. The minimum atomic E-state index is -3.62. The van der Waals surface area contributed by atoms with Gasteiger partial charge in [-0.25, -0.2) is 13.1 Å². The molecule has 0 aliphatic heterocycles. The molecule has 4 N–H and O–H groups in total. The first-order valence-corrected chi connectivity index (χ1v) is 6.47. The number of amidine groups is 1. The Hall–Kier alpha value is -1.41. The molecule has 0 unspecified atom stereocenters. The molecular weight excluding hydrogens is 242 g/mol. The van der Waals surface area contributed by atoms with Gasteiger partial charge in [-0.3, -0.25) is 10.1 Å². The number of hydrogen-bond donors (Lipinski definition) is 3. The lowest BCUT2D eigenvalue weighted by molar-refractivity contribution is 0.489. The standard InChI is InChI=1S/C9H17N5O2S/c1-9(2,8(10)11)6-13-17(15,16)7-4-5-12-14(7)3/h4-5,13H,6H2,1-3H3,(H3,10,11). The molecule has 0 aliphatic carbocycles. The lowest BCUT2D eigenvalue weighted by Crippen LogP contribution is -2.42. The third-order valence-electron chi connectivity index (χ3n) is 2.48. The van der Waals surface area contributed by atoms with E-state index in [9.17, 15) is 8.42 Å². The van der Waals surface area contributed by atoms with Crippen LogP contribution in [0.5, 0.6) is 0 Å². The number of aromatic nitrogens is 2. The Morgan fingerprint density at radius 2 is 2.24 bits per heavy atom. The highest BCUT2D eigenvalue weighted by Crippen LogP contribution is 2.14. The van der Waals surface area contributed by atoms with Gasteiger partial charge in [0, 0.05) is 19.0 Å². The number of aryl methyl sites for hydroxylation is 1. The summed E-state index contributed by atoms with van der Waals surface area (Å²) in [5.41, 5.74) is 4.66. The van der Waals surface area contributed by atoms with E-state index in [1.807, 2.05) is 0 Å². The molecule has 96 valence electrons. The number of sulfonamides is 1. The Morgan fingerprint density at radius 3 is 2.65 bits per heavy atom. The molecule has 0 atom stereocenters. The summed E-state index contributed by atoms with van der Waals surface area (Å²) < 4.78 is 27.5. The van der Waals surface area contributed by atoms with Crippen LogP contribution in [0.3, 0.4) is 0 Å². The first-order chi connectivity index (χ1) is 7.67. The van der Waals surface area contributed by atoms with Gasteiger partial charge in [-0.1, -0.05) is 13.8 Å². The van der Waals surface area contributed by atoms with Crippen LogP contribution in [0.1, 0.15) is 13.8 Å². The molecular formula is C9H17N5O2S. The molecule has 0 fully saturated rings. The van der Waals surface area contributed by atoms with Crippen LogP contribution in [0.25, 0.3) is 0 Å². The highest BCUT2D eigenvalue weighted by atomic mass is 32.2. The van der Waals surface area contributed by atoms with Crippen LogP contribution in [0.4, 0.5) is 0 Å². The van der Waals surface area contributed by atoms with Crippen LogP contribution < -0.4 is 10.5 Å². The molecule has 17 heavy (non-hydrogen) atoms. The van der Waals surface area contributed by atoms with E-state index < -0.39 is 15.4 Å². The Bertz CT molecular complexity index is 517. The fraction of sp³-hybridized carbons (Fsp3) is 0.556. The second-order valence-electron chi connectivity index (χ2n) is 4.42. The third-order valence-corrected chi connectivity index (χ3v) is 3.96. The first-order valence-electron chi connectivity index (χ1n) is 4.99. The fourth-order valence-corrected chi connectivity index (χ4v) is 2.40. The van der Waals surface area contributed by atoms with Crippen LogP contribution in [0, 0.1) is 10.8 Å². The Kier molecular flexibility index (Phi) is 3.58. The van der Waals surface area contributed by atoms with Gasteiger partial charge in [0.15, 0.2) is 5.03 Å². The lowest BCUT2D eigenvalue weighted by atomic mass is 9.93. The second kappa shape index (κ2) is 4.46. The fourth-order valence-electron chi connectivity index (χ4n) is 1.07. The van der Waals surface area contributed by atoms with E-state index in [1.165, 1.54) is 16.9 Å². The van der Waals surface area contributed by atoms with E-state index in [-0.39, 0.29) is 17.4 Å². The molecule has 1 aromatic heterocycles. The molecule has 1 rings (SSSR count). The maximum Gasteiger partial charge on any atom is 0.257 e. The summed E-state index contributed by atoms with van der Waals surface area (Å²) in [7, 11) is -2.07. The molecule has 1 heterocycles. The van der Waals surface area contributed by atoms with Crippen molar-refractivity contribution in [3.05, 3.63) is 12.3 Å². The van der Waals surface area contributed by atoms with E-state index in [4.69, 9.17) is 11.1 Å². The molecule has 0 saturated heterocycles. The molecule has 8 heteroatoms. The minimum Gasteiger partial charge on any atom is -0.387 e. The summed E-state index contributed by atoms with van der Waals surface area (Å²) in [4.78, 5) is 0. The van der Waals surface area contributed by atoms with Crippen molar-refractivity contribution in [3.63, 3.8) is 0 Å². The van der Waals surface area contributed by atoms with Crippen LogP contribution in [-0.2, 0) is 17.1 Å². The van der Waals surface area contributed by atoms with E-state index >= 15 is 0 Å². The minimum absolute atomic E-state index is 0.0646. The van der Waals surface area contributed by atoms with Gasteiger partial charge in [-0.15, -0.1) is 0 Å². The van der Waals surface area contributed by atoms with Gasteiger partial charge in [-0.2, -0.15) is 5.10 Å². The Balaban J connectivity index is 2.83. The average molecular weight is 259 g/mol. The van der Waals surface area contributed by atoms with E-state index in [0.29, 0.717) is 0 Å². The summed E-state index contributed by atoms with van der Waals surface area (Å²) in [5.74, 6) is -0.0646. The van der Waals surface area contributed by atoms with Gasteiger partial charge >= 0.3 is 0 Å². The quantitative estimate of drug-likeness (QED) is 0.495. The van der Waals surface area contributed by atoms with E-state index in [1.54, 1.807) is 20.9 Å². The second-order valence-corrected chi connectivity index (χ2v) is 6.13. The smallest absolute Gasteiger partial charge is 0.257 e. The van der Waals surface area contributed by atoms with Crippen molar-refractivity contribution in [3.8, 4) is 0 Å². The third kappa shape index (κ3) is 3.04. The number of hydrogen-bond acceptors (Lipinski definition) is 4. The monoisotopic (exact) mass is 259 g/mol. The van der Waals surface area contributed by atoms with Gasteiger partial charge in [0.05, 0.1) is 12.0 Å². The van der Waals surface area contributed by atoms with Crippen molar-refractivity contribution in [1.29, 1.82) is 5.41 Å². The van der Waals surface area contributed by atoms with Crippen molar-refractivity contribution < 1.29 is 8.42 Å². The summed E-state index contributed by atoms with van der Waals surface area (Å²) in [6.07, 6.45) is 1.41. The van der Waals surface area contributed by atoms with Gasteiger partial charge in [0.2, 0.25) is 0 Å². The maximum atomic E-state index is 11.9. The molecule has 0 amide bonds. The van der Waals surface area contributed by atoms with Gasteiger partial charge < -0.3 is 5.73 Å². The Labute approximate surface area is 101 Å². The molecule has 1 aromatic rings. The van der Waals surface area contributed by atoms with Crippen molar-refractivity contribution >= 4 is 15.9 Å². The summed E-state index contributed by atoms with van der Waals surface area (Å²) >= 11 is 0. The number of nitrogens with one attached hydrogen (secondary N) is 2. The highest BCUT2D eigenvalue weighted by Gasteiger charge is 2.26. The zero-order chi connectivity index (χ0) is 13.3. The number of rotatable bonds is 5. The number of nitrogens with zero attached hydrogens (tertiary/aromatic N) is 2. The van der Waals surface area contributed by atoms with Gasteiger partial charge in [0.25, 0.3) is 10.0 Å². The van der Waals surface area contributed by atoms with Crippen molar-refractivity contribution in [2.45, 2.75) is 18.9 Å². The number of nitrogens with two attached hydrogens (primary N) is 1. The average Bonchev–Trinajstić information content (AvgIpc) is 2.62. The van der Waals surface area contributed by atoms with E-state index in [0.717, 1.165) is 0 Å². The zero-order valence-electron chi connectivity index (χ0n) is 10.1. The first kappa shape index (κ1) is 13.7. The van der Waals surface area contributed by atoms with Crippen LogP contribution in [-0.4, -0.2) is 30.6 Å². The SMILES string of the molecule is Cn1nccc1S(=O)(=O)NCC(C)(C)C(=N)N. The van der Waals surface area contributed by atoms with E-state index in [2.05, 4.69) is 9.82 Å². The Morgan fingerprint density at radius 1 is 1.65 bits per heavy atom. The van der Waals surface area contributed by atoms with Crippen molar-refractivity contribution in [2.75, 3.05) is 6.54 Å². The van der Waals surface area contributed by atoms with Crippen molar-refractivity contribution in [2.24, 2.45) is 18.2 Å². The van der Waals surface area contributed by atoms with Crippen molar-refractivity contribution in [1.82, 2.24) is 14.5 Å². The molecule has 0 bridgehead atoms. The molecule has 0 aromatic carbocycles. The molecule has 0 saturated carbocycles. The summed E-state index contributed by atoms with van der Waals surface area (Å²) in [5, 5.41) is 11.2. The topological polar surface area (TPSA) is 114 Å². The summed E-state index contributed by atoms with van der Waals surface area (Å²) in [6.45, 7) is 3.46. The van der Waals surface area contributed by atoms with Crippen LogP contribution in [0.2, 0.25) is 0 Å². The highest BCUT2D eigenvalue weighted by molar-refractivity contribution is 7.89. The molecule has 0 radical (unpaired) electrons.